The van der Waals surface area contributed by atoms with Crippen LogP contribution in [0.1, 0.15) is 12.0 Å². The number of rotatable bonds is 2. The van der Waals surface area contributed by atoms with Gasteiger partial charge in [-0.2, -0.15) is 13.2 Å². The van der Waals surface area contributed by atoms with Crippen LogP contribution in [0.3, 0.4) is 0 Å². The molecule has 2 heterocycles. The van der Waals surface area contributed by atoms with E-state index in [-0.39, 0.29) is 49.3 Å². The van der Waals surface area contributed by atoms with Crippen molar-refractivity contribution in [1.29, 1.82) is 0 Å². The molecule has 0 saturated carbocycles. The summed E-state index contributed by atoms with van der Waals surface area (Å²) in [6.45, 7) is 0.740. The molecular formula is C17H20F3N3O4S. The molecule has 0 radical (unpaired) electrons. The summed E-state index contributed by atoms with van der Waals surface area (Å²) in [6, 6.07) is 4.04. The number of sulfone groups is 1. The van der Waals surface area contributed by atoms with E-state index in [1.165, 1.54) is 28.0 Å². The van der Waals surface area contributed by atoms with Crippen LogP contribution in [0.25, 0.3) is 0 Å². The predicted octanol–water partition coefficient (Wildman–Crippen LogP) is 1.82. The number of carbonyl (C=O) groups is 2. The maximum absolute atomic E-state index is 13.0. The molecule has 2 aliphatic rings. The second-order valence-corrected chi connectivity index (χ2v) is 9.11. The molecule has 0 spiro atoms. The molecule has 1 N–H and O–H groups in total. The van der Waals surface area contributed by atoms with E-state index in [2.05, 4.69) is 5.32 Å². The zero-order chi connectivity index (χ0) is 20.5. The fourth-order valence-electron chi connectivity index (χ4n) is 3.41. The van der Waals surface area contributed by atoms with Gasteiger partial charge >= 0.3 is 12.2 Å². The van der Waals surface area contributed by atoms with Crippen molar-refractivity contribution in [1.82, 2.24) is 9.80 Å². The van der Waals surface area contributed by atoms with Crippen molar-refractivity contribution in [3.8, 4) is 0 Å². The number of alkyl halides is 3. The minimum Gasteiger partial charge on any atom is -0.339 e. The number of anilines is 1. The summed E-state index contributed by atoms with van der Waals surface area (Å²) in [6.07, 6.45) is -4.29. The van der Waals surface area contributed by atoms with Crippen molar-refractivity contribution < 1.29 is 31.2 Å². The van der Waals surface area contributed by atoms with Crippen LogP contribution < -0.4 is 5.32 Å². The Hall–Kier alpha value is -2.30. The van der Waals surface area contributed by atoms with Gasteiger partial charge in [-0.15, -0.1) is 0 Å². The molecule has 2 aliphatic heterocycles. The third kappa shape index (κ3) is 4.57. The number of piperazine rings is 1. The molecule has 154 valence electrons. The Labute approximate surface area is 160 Å². The third-order valence-electron chi connectivity index (χ3n) is 4.93. The number of amides is 3. The number of nitrogens with one attached hydrogen (secondary N) is 1. The van der Waals surface area contributed by atoms with Crippen molar-refractivity contribution in [3.63, 3.8) is 0 Å². The average Bonchev–Trinajstić information content (AvgIpc) is 3.00. The van der Waals surface area contributed by atoms with Crippen molar-refractivity contribution in [2.75, 3.05) is 43.0 Å². The Morgan fingerprint density at radius 1 is 1.04 bits per heavy atom. The fraction of sp³-hybridized carbons (Fsp3) is 0.529. The SMILES string of the molecule is O=C(Nc1ccccc1C(F)(F)F)N1CCN(C(=O)[C@H]2CCS(=O)(=O)C2)CC1. The van der Waals surface area contributed by atoms with Crippen LogP contribution in [-0.4, -0.2) is 67.8 Å². The van der Waals surface area contributed by atoms with Crippen molar-refractivity contribution >= 4 is 27.5 Å². The number of nitrogens with zero attached hydrogens (tertiary/aromatic N) is 2. The number of carbonyl (C=O) groups excluding carboxylic acids is 2. The number of para-hydroxylation sites is 1. The first-order valence-electron chi connectivity index (χ1n) is 8.78. The van der Waals surface area contributed by atoms with Crippen LogP contribution in [0.15, 0.2) is 24.3 Å². The maximum atomic E-state index is 13.0. The largest absolute Gasteiger partial charge is 0.418 e. The van der Waals surface area contributed by atoms with Gasteiger partial charge in [-0.25, -0.2) is 13.2 Å². The molecule has 2 fully saturated rings. The van der Waals surface area contributed by atoms with Gasteiger partial charge in [0, 0.05) is 26.2 Å². The Balaban J connectivity index is 1.57. The summed E-state index contributed by atoms with van der Waals surface area (Å²) in [4.78, 5) is 27.6. The first-order valence-corrected chi connectivity index (χ1v) is 10.6. The Morgan fingerprint density at radius 3 is 2.21 bits per heavy atom. The van der Waals surface area contributed by atoms with E-state index < -0.39 is 33.5 Å². The summed E-state index contributed by atoms with van der Waals surface area (Å²) in [5.74, 6) is -0.946. The second-order valence-electron chi connectivity index (χ2n) is 6.89. The molecule has 7 nitrogen and oxygen atoms in total. The molecule has 28 heavy (non-hydrogen) atoms. The Bertz CT molecular complexity index is 865. The summed E-state index contributed by atoms with van der Waals surface area (Å²) in [5, 5.41) is 2.28. The molecule has 11 heteroatoms. The lowest BCUT2D eigenvalue weighted by Crippen LogP contribution is -2.53. The van der Waals surface area contributed by atoms with Gasteiger partial charge in [-0.3, -0.25) is 4.79 Å². The molecule has 3 amide bonds. The predicted molar refractivity (Wildman–Crippen MR) is 95.4 cm³/mol. The van der Waals surface area contributed by atoms with E-state index in [9.17, 15) is 31.2 Å². The fourth-order valence-corrected chi connectivity index (χ4v) is 5.14. The standard InChI is InChI=1S/C17H20F3N3O4S/c18-17(19,20)13-3-1-2-4-14(13)21-16(25)23-8-6-22(7-9-23)15(24)12-5-10-28(26,27)11-12/h1-4,12H,5-11H2,(H,21,25)/t12-/m0/s1. The number of hydrogen-bond acceptors (Lipinski definition) is 4. The van der Waals surface area contributed by atoms with Crippen LogP contribution in [0.2, 0.25) is 0 Å². The number of urea groups is 1. The van der Waals surface area contributed by atoms with Gasteiger partial charge in [-0.1, -0.05) is 12.1 Å². The van der Waals surface area contributed by atoms with Crippen molar-refractivity contribution in [3.05, 3.63) is 29.8 Å². The zero-order valence-electron chi connectivity index (χ0n) is 14.9. The molecular weight excluding hydrogens is 399 g/mol. The van der Waals surface area contributed by atoms with E-state index in [4.69, 9.17) is 0 Å². The molecule has 1 atom stereocenters. The lowest BCUT2D eigenvalue weighted by Gasteiger charge is -2.35. The quantitative estimate of drug-likeness (QED) is 0.792. The van der Waals surface area contributed by atoms with Crippen LogP contribution in [-0.2, 0) is 20.8 Å². The van der Waals surface area contributed by atoms with Gasteiger partial charge < -0.3 is 15.1 Å². The molecule has 0 aromatic heterocycles. The molecule has 3 rings (SSSR count). The van der Waals surface area contributed by atoms with E-state index >= 15 is 0 Å². The highest BCUT2D eigenvalue weighted by Gasteiger charge is 2.37. The van der Waals surface area contributed by atoms with E-state index in [0.717, 1.165) is 6.07 Å². The monoisotopic (exact) mass is 419 g/mol. The van der Waals surface area contributed by atoms with Crippen molar-refractivity contribution in [2.45, 2.75) is 12.6 Å². The Morgan fingerprint density at radius 2 is 1.64 bits per heavy atom. The molecule has 1 aromatic carbocycles. The number of hydrogen-bond donors (Lipinski definition) is 1. The highest BCUT2D eigenvalue weighted by atomic mass is 32.2. The molecule has 1 aromatic rings. The molecule has 2 saturated heterocycles. The first-order chi connectivity index (χ1) is 13.1. The van der Waals surface area contributed by atoms with E-state index in [0.29, 0.717) is 6.42 Å². The van der Waals surface area contributed by atoms with Crippen LogP contribution in [0, 0.1) is 5.92 Å². The van der Waals surface area contributed by atoms with Crippen molar-refractivity contribution in [2.24, 2.45) is 5.92 Å². The summed E-state index contributed by atoms with van der Waals surface area (Å²) in [7, 11) is -3.17. The Kier molecular flexibility index (Phi) is 5.55. The average molecular weight is 419 g/mol. The van der Waals surface area contributed by atoms with E-state index in [1.807, 2.05) is 0 Å². The molecule has 0 unspecified atom stereocenters. The highest BCUT2D eigenvalue weighted by Crippen LogP contribution is 2.34. The summed E-state index contributed by atoms with van der Waals surface area (Å²) < 4.78 is 62.2. The number of benzene rings is 1. The van der Waals surface area contributed by atoms with Crippen LogP contribution in [0.5, 0.6) is 0 Å². The minimum atomic E-state index is -4.59. The molecule has 0 aliphatic carbocycles. The van der Waals surface area contributed by atoms with Gasteiger partial charge in [-0.05, 0) is 18.6 Å². The smallest absolute Gasteiger partial charge is 0.339 e. The summed E-state index contributed by atoms with van der Waals surface area (Å²) in [5.41, 5.74) is -1.26. The van der Waals surface area contributed by atoms with Gasteiger partial charge in [0.15, 0.2) is 9.84 Å². The second kappa shape index (κ2) is 7.61. The topological polar surface area (TPSA) is 86.8 Å². The maximum Gasteiger partial charge on any atom is 0.418 e. The zero-order valence-corrected chi connectivity index (χ0v) is 15.7. The number of halogens is 3. The highest BCUT2D eigenvalue weighted by molar-refractivity contribution is 7.91. The lowest BCUT2D eigenvalue weighted by atomic mass is 10.1. The normalized spacial score (nSPS) is 22.2. The first kappa shape index (κ1) is 20.4. The van der Waals surface area contributed by atoms with Gasteiger partial charge in [0.05, 0.1) is 28.7 Å². The van der Waals surface area contributed by atoms with Gasteiger partial charge in [0.25, 0.3) is 0 Å². The third-order valence-corrected chi connectivity index (χ3v) is 6.70. The van der Waals surface area contributed by atoms with Gasteiger partial charge in [0.2, 0.25) is 5.91 Å². The minimum absolute atomic E-state index is 0.00436. The van der Waals surface area contributed by atoms with E-state index in [1.54, 1.807) is 0 Å². The van der Waals surface area contributed by atoms with Crippen LogP contribution >= 0.6 is 0 Å². The molecule has 0 bridgehead atoms. The van der Waals surface area contributed by atoms with Crippen LogP contribution in [0.4, 0.5) is 23.7 Å². The van der Waals surface area contributed by atoms with Gasteiger partial charge in [0.1, 0.15) is 0 Å². The summed E-state index contributed by atoms with van der Waals surface area (Å²) >= 11 is 0. The lowest BCUT2D eigenvalue weighted by molar-refractivity contribution is -0.137.